The van der Waals surface area contributed by atoms with Crippen molar-refractivity contribution in [1.82, 2.24) is 15.0 Å². The van der Waals surface area contributed by atoms with Gasteiger partial charge >= 0.3 is 0 Å². The zero-order valence-electron chi connectivity index (χ0n) is 27.1. The van der Waals surface area contributed by atoms with E-state index in [9.17, 15) is 0 Å². The maximum Gasteiger partial charge on any atom is 0.164 e. The van der Waals surface area contributed by atoms with Gasteiger partial charge in [-0.05, 0) is 95.3 Å². The third kappa shape index (κ3) is 4.79. The van der Waals surface area contributed by atoms with Crippen LogP contribution in [0.25, 0.3) is 99.2 Å². The normalized spacial score (nSPS) is 11.6. The summed E-state index contributed by atoms with van der Waals surface area (Å²) in [6.07, 6.45) is 0. The first-order valence-corrected chi connectivity index (χ1v) is 16.9. The quantitative estimate of drug-likeness (QED) is 0.181. The Kier molecular flexibility index (Phi) is 6.49. The van der Waals surface area contributed by atoms with Gasteiger partial charge in [-0.1, -0.05) is 146 Å². The van der Waals surface area contributed by atoms with Crippen LogP contribution in [0.15, 0.2) is 176 Å². The van der Waals surface area contributed by atoms with Crippen molar-refractivity contribution in [3.8, 4) is 45.3 Å². The van der Waals surface area contributed by atoms with Gasteiger partial charge < -0.3 is 0 Å². The highest BCUT2D eigenvalue weighted by molar-refractivity contribution is 6.09. The van der Waals surface area contributed by atoms with Crippen molar-refractivity contribution in [1.29, 1.82) is 0 Å². The fraction of sp³-hybridized carbons (Fsp3) is 0. The van der Waals surface area contributed by atoms with Gasteiger partial charge in [0.05, 0.1) is 0 Å². The summed E-state index contributed by atoms with van der Waals surface area (Å²) in [4.78, 5) is 15.5. The van der Waals surface area contributed by atoms with E-state index in [1.807, 2.05) is 0 Å². The van der Waals surface area contributed by atoms with Crippen LogP contribution in [0.4, 0.5) is 0 Å². The van der Waals surface area contributed by atoms with Gasteiger partial charge in [-0.25, -0.2) is 15.0 Å². The first-order chi connectivity index (χ1) is 24.7. The number of hydrogen-bond donors (Lipinski definition) is 0. The highest BCUT2D eigenvalue weighted by Crippen LogP contribution is 2.38. The molecule has 1 heterocycles. The highest BCUT2D eigenvalue weighted by atomic mass is 15.0. The van der Waals surface area contributed by atoms with Crippen LogP contribution in [-0.4, -0.2) is 15.0 Å². The summed E-state index contributed by atoms with van der Waals surface area (Å²) in [6, 6.07) is 62.4. The molecule has 0 unspecified atom stereocenters. The van der Waals surface area contributed by atoms with E-state index in [4.69, 9.17) is 15.0 Å². The van der Waals surface area contributed by atoms with Crippen molar-refractivity contribution in [2.24, 2.45) is 0 Å². The number of rotatable bonds is 4. The number of benzene rings is 9. The summed E-state index contributed by atoms with van der Waals surface area (Å²) in [5.74, 6) is 1.95. The first-order valence-electron chi connectivity index (χ1n) is 16.9. The molecular formula is C47H29N3. The van der Waals surface area contributed by atoms with Crippen LogP contribution in [0.1, 0.15) is 0 Å². The number of hydrogen-bond acceptors (Lipinski definition) is 3. The van der Waals surface area contributed by atoms with Crippen molar-refractivity contribution in [3.05, 3.63) is 176 Å². The molecule has 0 bridgehead atoms. The molecule has 3 nitrogen and oxygen atoms in total. The SMILES string of the molecule is c1ccc2cc(-c3nc(-c4ccc5cc6ccccc6cc5c4)nc(-c4ccc(-c5cccc6ccccc56)c5ccccc45)n3)ccc2c1. The maximum atomic E-state index is 5.21. The average Bonchev–Trinajstić information content (AvgIpc) is 3.19. The second kappa shape index (κ2) is 11.5. The number of fused-ring (bicyclic) bond motifs is 5. The lowest BCUT2D eigenvalue weighted by molar-refractivity contribution is 1.08. The van der Waals surface area contributed by atoms with Crippen LogP contribution in [-0.2, 0) is 0 Å². The fourth-order valence-electron chi connectivity index (χ4n) is 7.35. The van der Waals surface area contributed by atoms with Gasteiger partial charge in [-0.3, -0.25) is 0 Å². The third-order valence-corrected chi connectivity index (χ3v) is 9.85. The van der Waals surface area contributed by atoms with E-state index in [2.05, 4.69) is 176 Å². The molecule has 3 heteroatoms. The molecule has 10 aromatic rings. The number of nitrogens with zero attached hydrogens (tertiary/aromatic N) is 3. The summed E-state index contributed by atoms with van der Waals surface area (Å²) in [7, 11) is 0. The van der Waals surface area contributed by atoms with Crippen LogP contribution >= 0.6 is 0 Å². The van der Waals surface area contributed by atoms with Crippen molar-refractivity contribution >= 4 is 53.9 Å². The summed E-state index contributed by atoms with van der Waals surface area (Å²) in [6.45, 7) is 0. The minimum Gasteiger partial charge on any atom is -0.208 e. The molecule has 0 saturated carbocycles. The molecule has 50 heavy (non-hydrogen) atoms. The Labute approximate surface area is 289 Å². The van der Waals surface area contributed by atoms with Crippen LogP contribution in [0.3, 0.4) is 0 Å². The van der Waals surface area contributed by atoms with Crippen LogP contribution < -0.4 is 0 Å². The summed E-state index contributed by atoms with van der Waals surface area (Å²) in [5, 5.41) is 11.8. The van der Waals surface area contributed by atoms with Crippen LogP contribution in [0, 0.1) is 0 Å². The molecule has 10 rings (SSSR count). The van der Waals surface area contributed by atoms with Gasteiger partial charge in [0, 0.05) is 16.7 Å². The molecule has 0 aliphatic carbocycles. The molecule has 0 radical (unpaired) electrons. The van der Waals surface area contributed by atoms with Gasteiger partial charge in [0.2, 0.25) is 0 Å². The van der Waals surface area contributed by atoms with E-state index < -0.39 is 0 Å². The predicted octanol–water partition coefficient (Wildman–Crippen LogP) is 12.3. The first kappa shape index (κ1) is 28.3. The summed E-state index contributed by atoms with van der Waals surface area (Å²) in [5.41, 5.74) is 5.28. The second-order valence-corrected chi connectivity index (χ2v) is 12.9. The molecule has 1 aromatic heterocycles. The smallest absolute Gasteiger partial charge is 0.164 e. The Bertz CT molecular complexity index is 2940. The van der Waals surface area contributed by atoms with Crippen molar-refractivity contribution in [2.45, 2.75) is 0 Å². The molecular weight excluding hydrogens is 607 g/mol. The minimum absolute atomic E-state index is 0.649. The van der Waals surface area contributed by atoms with Crippen molar-refractivity contribution < 1.29 is 0 Å². The topological polar surface area (TPSA) is 38.7 Å². The highest BCUT2D eigenvalue weighted by Gasteiger charge is 2.17. The zero-order valence-corrected chi connectivity index (χ0v) is 27.1. The third-order valence-electron chi connectivity index (χ3n) is 9.85. The Morgan fingerprint density at radius 1 is 0.240 bits per heavy atom. The van der Waals surface area contributed by atoms with E-state index >= 15 is 0 Å². The molecule has 0 aliphatic heterocycles. The van der Waals surface area contributed by atoms with E-state index in [-0.39, 0.29) is 0 Å². The average molecular weight is 636 g/mol. The fourth-order valence-corrected chi connectivity index (χ4v) is 7.35. The van der Waals surface area contributed by atoms with E-state index in [1.165, 1.54) is 43.4 Å². The van der Waals surface area contributed by atoms with E-state index in [1.54, 1.807) is 0 Å². The molecule has 0 fully saturated rings. The van der Waals surface area contributed by atoms with Crippen LogP contribution in [0.5, 0.6) is 0 Å². The summed E-state index contributed by atoms with van der Waals surface area (Å²) >= 11 is 0. The molecule has 0 spiro atoms. The second-order valence-electron chi connectivity index (χ2n) is 12.9. The zero-order chi connectivity index (χ0) is 33.0. The number of aromatic nitrogens is 3. The lowest BCUT2D eigenvalue weighted by atomic mass is 9.92. The Balaban J connectivity index is 1.20. The molecule has 232 valence electrons. The van der Waals surface area contributed by atoms with Crippen LogP contribution in [0.2, 0.25) is 0 Å². The van der Waals surface area contributed by atoms with Gasteiger partial charge in [-0.2, -0.15) is 0 Å². The van der Waals surface area contributed by atoms with E-state index in [0.29, 0.717) is 17.5 Å². The largest absolute Gasteiger partial charge is 0.208 e. The standard InChI is InChI=1S/C47H29N3/c1-2-12-32-27-36(22-20-30(32)10-1)45-48-46(37-23-21-35-26-33-13-3-4-14-34(33)28-38(35)29-37)50-47(49-45)44-25-24-43(41-17-7-8-18-42(41)44)40-19-9-15-31-11-5-6-16-39(31)40/h1-29H. The Hall–Kier alpha value is -6.71. The molecule has 9 aromatic carbocycles. The maximum absolute atomic E-state index is 5.21. The lowest BCUT2D eigenvalue weighted by Gasteiger charge is -2.14. The molecule has 0 aliphatic rings. The van der Waals surface area contributed by atoms with Crippen molar-refractivity contribution in [3.63, 3.8) is 0 Å². The molecule has 0 saturated heterocycles. The minimum atomic E-state index is 0.649. The Morgan fingerprint density at radius 2 is 0.680 bits per heavy atom. The predicted molar refractivity (Wildman–Crippen MR) is 209 cm³/mol. The lowest BCUT2D eigenvalue weighted by Crippen LogP contribution is -2.01. The van der Waals surface area contributed by atoms with Gasteiger partial charge in [0.15, 0.2) is 17.5 Å². The monoisotopic (exact) mass is 635 g/mol. The van der Waals surface area contributed by atoms with Gasteiger partial charge in [0.1, 0.15) is 0 Å². The molecule has 0 atom stereocenters. The van der Waals surface area contributed by atoms with E-state index in [0.717, 1.165) is 38.2 Å². The van der Waals surface area contributed by atoms with Gasteiger partial charge in [-0.15, -0.1) is 0 Å². The van der Waals surface area contributed by atoms with Gasteiger partial charge in [0.25, 0.3) is 0 Å². The molecule has 0 amide bonds. The summed E-state index contributed by atoms with van der Waals surface area (Å²) < 4.78 is 0. The molecule has 0 N–H and O–H groups in total. The van der Waals surface area contributed by atoms with Crippen molar-refractivity contribution in [2.75, 3.05) is 0 Å². The Morgan fingerprint density at radius 3 is 1.40 bits per heavy atom.